The first-order valence-electron chi connectivity index (χ1n) is 7.55. The second-order valence-corrected chi connectivity index (χ2v) is 5.71. The van der Waals surface area contributed by atoms with E-state index < -0.39 is 11.6 Å². The molecule has 0 unspecified atom stereocenters. The third-order valence-corrected chi connectivity index (χ3v) is 3.89. The Morgan fingerprint density at radius 3 is 2.39 bits per heavy atom. The fourth-order valence-electron chi connectivity index (χ4n) is 2.70. The zero-order valence-corrected chi connectivity index (χ0v) is 12.7. The van der Waals surface area contributed by atoms with Crippen LogP contribution in [0.3, 0.4) is 0 Å². The number of hydrogen-bond acceptors (Lipinski definition) is 2. The highest BCUT2D eigenvalue weighted by atomic mass is 19.1. The second kappa shape index (κ2) is 7.02. The van der Waals surface area contributed by atoms with Crippen molar-refractivity contribution in [1.29, 1.82) is 0 Å². The van der Waals surface area contributed by atoms with Gasteiger partial charge in [-0.2, -0.15) is 0 Å². The van der Waals surface area contributed by atoms with Gasteiger partial charge in [-0.05, 0) is 24.1 Å². The Hall–Kier alpha value is -2.04. The van der Waals surface area contributed by atoms with Crippen LogP contribution in [0.15, 0.2) is 55.1 Å². The Morgan fingerprint density at radius 2 is 1.74 bits per heavy atom. The second-order valence-electron chi connectivity index (χ2n) is 5.71. The van der Waals surface area contributed by atoms with Gasteiger partial charge in [0.15, 0.2) is 6.29 Å². The fourth-order valence-corrected chi connectivity index (χ4v) is 2.70. The van der Waals surface area contributed by atoms with Crippen LogP contribution in [0.4, 0.5) is 8.78 Å². The summed E-state index contributed by atoms with van der Waals surface area (Å²) in [6.07, 6.45) is 0.188. The van der Waals surface area contributed by atoms with E-state index in [2.05, 4.69) is 6.58 Å². The number of benzene rings is 2. The van der Waals surface area contributed by atoms with Crippen molar-refractivity contribution >= 4 is 5.57 Å². The molecule has 4 heteroatoms. The lowest BCUT2D eigenvalue weighted by molar-refractivity contribution is -0.204. The Bertz CT molecular complexity index is 677. The lowest BCUT2D eigenvalue weighted by Crippen LogP contribution is -2.27. The molecule has 1 heterocycles. The molecule has 1 aliphatic heterocycles. The molecule has 0 saturated carbocycles. The van der Waals surface area contributed by atoms with E-state index in [1.165, 1.54) is 12.1 Å². The molecule has 0 bridgehead atoms. The smallest absolute Gasteiger partial charge is 0.183 e. The lowest BCUT2D eigenvalue weighted by atomic mass is 9.95. The minimum absolute atomic E-state index is 0.104. The van der Waals surface area contributed by atoms with Crippen LogP contribution in [0.25, 0.3) is 5.57 Å². The summed E-state index contributed by atoms with van der Waals surface area (Å²) >= 11 is 0. The van der Waals surface area contributed by atoms with Crippen molar-refractivity contribution in [1.82, 2.24) is 0 Å². The lowest BCUT2D eigenvalue weighted by Gasteiger charge is -2.30. The molecule has 2 aromatic carbocycles. The Kier molecular flexibility index (Phi) is 4.84. The van der Waals surface area contributed by atoms with Gasteiger partial charge in [0.25, 0.3) is 0 Å². The largest absolute Gasteiger partial charge is 0.348 e. The molecule has 0 radical (unpaired) electrons. The predicted octanol–water partition coefficient (Wildman–Crippen LogP) is 4.73. The minimum Gasteiger partial charge on any atom is -0.348 e. The van der Waals surface area contributed by atoms with E-state index >= 15 is 0 Å². The number of halogens is 2. The summed E-state index contributed by atoms with van der Waals surface area (Å²) in [5, 5.41) is 0. The van der Waals surface area contributed by atoms with E-state index in [-0.39, 0.29) is 12.2 Å². The van der Waals surface area contributed by atoms with Gasteiger partial charge in [-0.3, -0.25) is 0 Å². The molecular weight excluding hydrogens is 298 g/mol. The average Bonchev–Trinajstić information content (AvgIpc) is 2.56. The summed E-state index contributed by atoms with van der Waals surface area (Å²) in [6, 6.07) is 13.3. The first kappa shape index (κ1) is 15.8. The molecule has 1 fully saturated rings. The third-order valence-electron chi connectivity index (χ3n) is 3.89. The molecule has 0 aliphatic carbocycles. The normalized spacial score (nSPS) is 21.1. The maximum atomic E-state index is 13.8. The zero-order valence-electron chi connectivity index (χ0n) is 12.7. The molecule has 0 aromatic heterocycles. The first-order chi connectivity index (χ1) is 11.1. The highest BCUT2D eigenvalue weighted by Gasteiger charge is 2.24. The maximum Gasteiger partial charge on any atom is 0.183 e. The number of rotatable bonds is 4. The molecule has 23 heavy (non-hydrogen) atoms. The van der Waals surface area contributed by atoms with Gasteiger partial charge in [-0.1, -0.05) is 36.9 Å². The van der Waals surface area contributed by atoms with Crippen molar-refractivity contribution in [2.45, 2.75) is 12.7 Å². The molecular formula is C19H18F2O2. The summed E-state index contributed by atoms with van der Waals surface area (Å²) in [6.45, 7) is 4.94. The topological polar surface area (TPSA) is 18.5 Å². The van der Waals surface area contributed by atoms with E-state index in [1.807, 2.05) is 30.3 Å². The molecule has 2 nitrogen and oxygen atoms in total. The van der Waals surface area contributed by atoms with Crippen LogP contribution in [-0.2, 0) is 9.47 Å². The van der Waals surface area contributed by atoms with Crippen LogP contribution in [0.5, 0.6) is 0 Å². The van der Waals surface area contributed by atoms with Crippen molar-refractivity contribution in [3.05, 3.63) is 77.9 Å². The summed E-state index contributed by atoms with van der Waals surface area (Å²) in [7, 11) is 0. The quantitative estimate of drug-likeness (QED) is 0.812. The van der Waals surface area contributed by atoms with Gasteiger partial charge in [-0.15, -0.1) is 0 Å². The van der Waals surface area contributed by atoms with E-state index in [1.54, 1.807) is 0 Å². The summed E-state index contributed by atoms with van der Waals surface area (Å²) in [5.41, 5.74) is 1.95. The van der Waals surface area contributed by atoms with E-state index in [0.29, 0.717) is 30.8 Å². The highest BCUT2D eigenvalue weighted by molar-refractivity contribution is 5.64. The van der Waals surface area contributed by atoms with Crippen molar-refractivity contribution in [3.8, 4) is 0 Å². The van der Waals surface area contributed by atoms with Crippen molar-refractivity contribution in [3.63, 3.8) is 0 Å². The van der Waals surface area contributed by atoms with Crippen LogP contribution in [-0.4, -0.2) is 13.2 Å². The van der Waals surface area contributed by atoms with Gasteiger partial charge in [0.1, 0.15) is 11.6 Å². The van der Waals surface area contributed by atoms with Crippen molar-refractivity contribution < 1.29 is 18.3 Å². The third kappa shape index (κ3) is 3.84. The average molecular weight is 316 g/mol. The zero-order chi connectivity index (χ0) is 16.2. The molecule has 120 valence electrons. The number of allylic oxidation sites excluding steroid dienone is 1. The summed E-state index contributed by atoms with van der Waals surface area (Å²) in [5.74, 6) is -1.07. The summed E-state index contributed by atoms with van der Waals surface area (Å²) in [4.78, 5) is 0. The molecule has 1 saturated heterocycles. The van der Waals surface area contributed by atoms with Gasteiger partial charge >= 0.3 is 0 Å². The van der Waals surface area contributed by atoms with Crippen LogP contribution < -0.4 is 0 Å². The number of hydrogen-bond donors (Lipinski definition) is 0. The van der Waals surface area contributed by atoms with Crippen LogP contribution >= 0.6 is 0 Å². The Balaban J connectivity index is 1.57. The fraction of sp³-hybridized carbons (Fsp3) is 0.263. The van der Waals surface area contributed by atoms with Gasteiger partial charge in [0.2, 0.25) is 0 Å². The predicted molar refractivity (Wildman–Crippen MR) is 84.6 cm³/mol. The maximum absolute atomic E-state index is 13.8. The summed E-state index contributed by atoms with van der Waals surface area (Å²) < 4.78 is 38.2. The standard InChI is InChI=1S/C19H18F2O2/c1-13(17-8-7-16(20)10-18(17)21)9-14-11-22-19(23-12-14)15-5-3-2-4-6-15/h2-8,10,14,19H,1,9,11-12H2. The van der Waals surface area contributed by atoms with E-state index in [4.69, 9.17) is 9.47 Å². The monoisotopic (exact) mass is 316 g/mol. The van der Waals surface area contributed by atoms with Gasteiger partial charge in [0.05, 0.1) is 13.2 Å². The first-order valence-corrected chi connectivity index (χ1v) is 7.55. The van der Waals surface area contributed by atoms with E-state index in [9.17, 15) is 8.78 Å². The van der Waals surface area contributed by atoms with Crippen LogP contribution in [0.2, 0.25) is 0 Å². The van der Waals surface area contributed by atoms with Crippen LogP contribution in [0, 0.1) is 17.6 Å². The Morgan fingerprint density at radius 1 is 1.04 bits per heavy atom. The molecule has 2 aromatic rings. The Labute approximate surface area is 134 Å². The SMILES string of the molecule is C=C(CC1COC(c2ccccc2)OC1)c1ccc(F)cc1F. The molecule has 0 spiro atoms. The van der Waals surface area contributed by atoms with Crippen molar-refractivity contribution in [2.75, 3.05) is 13.2 Å². The van der Waals surface area contributed by atoms with Gasteiger partial charge < -0.3 is 9.47 Å². The van der Waals surface area contributed by atoms with Crippen molar-refractivity contribution in [2.24, 2.45) is 5.92 Å². The molecule has 0 N–H and O–H groups in total. The molecule has 3 rings (SSSR count). The molecule has 0 atom stereocenters. The van der Waals surface area contributed by atoms with Crippen LogP contribution in [0.1, 0.15) is 23.8 Å². The number of ether oxygens (including phenoxy) is 2. The van der Waals surface area contributed by atoms with Gasteiger partial charge in [-0.25, -0.2) is 8.78 Å². The minimum atomic E-state index is -0.589. The van der Waals surface area contributed by atoms with Gasteiger partial charge in [0, 0.05) is 23.1 Å². The van der Waals surface area contributed by atoms with E-state index in [0.717, 1.165) is 11.6 Å². The molecule has 1 aliphatic rings. The highest BCUT2D eigenvalue weighted by Crippen LogP contribution is 2.30. The molecule has 0 amide bonds.